The van der Waals surface area contributed by atoms with Crippen LogP contribution in [0.3, 0.4) is 0 Å². The Hall–Kier alpha value is -3.01. The number of hydrogen-bond donors (Lipinski definition) is 0. The van der Waals surface area contributed by atoms with Crippen molar-refractivity contribution in [1.82, 2.24) is 9.55 Å². The molecule has 2 aromatic carbocycles. The van der Waals surface area contributed by atoms with Crippen LogP contribution in [0, 0.1) is 6.92 Å². The number of furan rings is 1. The molecule has 0 saturated heterocycles. The molecule has 0 amide bonds. The van der Waals surface area contributed by atoms with Crippen LogP contribution in [0.5, 0.6) is 5.75 Å². The number of rotatable bonds is 6. The highest BCUT2D eigenvalue weighted by Gasteiger charge is 2.14. The lowest BCUT2D eigenvalue weighted by Crippen LogP contribution is -2.06. The number of aryl methyl sites for hydroxylation is 2. The molecule has 0 N–H and O–H groups in total. The van der Waals surface area contributed by atoms with Crippen LogP contribution >= 0.6 is 0 Å². The molecule has 4 nitrogen and oxygen atoms in total. The van der Waals surface area contributed by atoms with Gasteiger partial charge in [-0.25, -0.2) is 4.98 Å². The molecule has 4 rings (SSSR count). The normalized spacial score (nSPS) is 11.1. The monoisotopic (exact) mass is 332 g/mol. The maximum absolute atomic E-state index is 5.87. The quantitative estimate of drug-likeness (QED) is 0.463. The van der Waals surface area contributed by atoms with Gasteiger partial charge in [-0.2, -0.15) is 0 Å². The summed E-state index contributed by atoms with van der Waals surface area (Å²) in [6.07, 6.45) is 2.57. The number of aromatic nitrogens is 2. The highest BCUT2D eigenvalue weighted by molar-refractivity contribution is 5.79. The number of para-hydroxylation sites is 2. The summed E-state index contributed by atoms with van der Waals surface area (Å²) >= 11 is 0. The van der Waals surface area contributed by atoms with Crippen molar-refractivity contribution in [3.05, 3.63) is 72.5 Å². The summed E-state index contributed by atoms with van der Waals surface area (Å²) in [5, 5.41) is 0. The maximum Gasteiger partial charge on any atom is 0.177 e. The third-order valence-corrected chi connectivity index (χ3v) is 4.18. The second-order valence-electron chi connectivity index (χ2n) is 6.07. The first-order valence-corrected chi connectivity index (χ1v) is 8.50. The predicted octanol–water partition coefficient (Wildman–Crippen LogP) is 5.07. The van der Waals surface area contributed by atoms with Gasteiger partial charge in [-0.05, 0) is 55.3 Å². The molecule has 0 aliphatic carbocycles. The average Bonchev–Trinajstić information content (AvgIpc) is 3.26. The van der Waals surface area contributed by atoms with Crippen molar-refractivity contribution in [2.75, 3.05) is 6.61 Å². The molecule has 0 fully saturated rings. The number of imidazole rings is 1. The van der Waals surface area contributed by atoms with Crippen molar-refractivity contribution in [2.24, 2.45) is 0 Å². The minimum atomic E-state index is 0.660. The van der Waals surface area contributed by atoms with E-state index in [1.54, 1.807) is 6.26 Å². The van der Waals surface area contributed by atoms with Gasteiger partial charge in [-0.15, -0.1) is 0 Å². The number of ether oxygens (including phenoxy) is 1. The van der Waals surface area contributed by atoms with Crippen molar-refractivity contribution >= 4 is 11.0 Å². The topological polar surface area (TPSA) is 40.2 Å². The first kappa shape index (κ1) is 15.5. The molecule has 0 aliphatic heterocycles. The van der Waals surface area contributed by atoms with Gasteiger partial charge < -0.3 is 13.7 Å². The van der Waals surface area contributed by atoms with E-state index in [0.29, 0.717) is 6.61 Å². The van der Waals surface area contributed by atoms with Crippen LogP contribution in [0.15, 0.2) is 71.3 Å². The van der Waals surface area contributed by atoms with Gasteiger partial charge in [0.05, 0.1) is 23.9 Å². The maximum atomic E-state index is 5.87. The van der Waals surface area contributed by atoms with Crippen molar-refractivity contribution in [3.8, 4) is 17.3 Å². The van der Waals surface area contributed by atoms with E-state index in [9.17, 15) is 0 Å². The summed E-state index contributed by atoms with van der Waals surface area (Å²) < 4.78 is 13.6. The van der Waals surface area contributed by atoms with Crippen LogP contribution in [0.25, 0.3) is 22.6 Å². The van der Waals surface area contributed by atoms with Gasteiger partial charge in [-0.1, -0.05) is 24.3 Å². The summed E-state index contributed by atoms with van der Waals surface area (Å²) in [6.45, 7) is 3.55. The fourth-order valence-corrected chi connectivity index (χ4v) is 3.01. The summed E-state index contributed by atoms with van der Waals surface area (Å²) in [5.74, 6) is 2.57. The second-order valence-corrected chi connectivity index (χ2v) is 6.07. The molecule has 2 aromatic heterocycles. The summed E-state index contributed by atoms with van der Waals surface area (Å²) in [7, 11) is 0. The van der Waals surface area contributed by atoms with Crippen molar-refractivity contribution in [3.63, 3.8) is 0 Å². The Morgan fingerprint density at radius 2 is 1.96 bits per heavy atom. The van der Waals surface area contributed by atoms with Crippen molar-refractivity contribution in [1.29, 1.82) is 0 Å². The minimum Gasteiger partial charge on any atom is -0.494 e. The fraction of sp³-hybridized carbons (Fsp3) is 0.190. The van der Waals surface area contributed by atoms with Crippen LogP contribution in [0.2, 0.25) is 0 Å². The number of nitrogens with zero attached hydrogens (tertiary/aromatic N) is 2. The third kappa shape index (κ3) is 3.29. The van der Waals surface area contributed by atoms with Crippen LogP contribution < -0.4 is 4.74 Å². The smallest absolute Gasteiger partial charge is 0.177 e. The number of hydrogen-bond acceptors (Lipinski definition) is 3. The second kappa shape index (κ2) is 6.85. The van der Waals surface area contributed by atoms with Crippen LogP contribution in [-0.2, 0) is 6.54 Å². The molecule has 0 saturated carbocycles. The Morgan fingerprint density at radius 3 is 2.80 bits per heavy atom. The van der Waals surface area contributed by atoms with Gasteiger partial charge in [0.25, 0.3) is 0 Å². The summed E-state index contributed by atoms with van der Waals surface area (Å²) in [4.78, 5) is 4.73. The SMILES string of the molecule is Cc1cccc(OCCCn2c(-c3ccco3)nc3ccccc32)c1. The van der Waals surface area contributed by atoms with Gasteiger partial charge >= 0.3 is 0 Å². The number of fused-ring (bicyclic) bond motifs is 1. The Bertz CT molecular complexity index is 971. The fourth-order valence-electron chi connectivity index (χ4n) is 3.01. The first-order chi connectivity index (χ1) is 12.3. The molecule has 0 spiro atoms. The van der Waals surface area contributed by atoms with Crippen molar-refractivity contribution < 1.29 is 9.15 Å². The molecule has 25 heavy (non-hydrogen) atoms. The molecule has 4 heteroatoms. The van der Waals surface area contributed by atoms with E-state index < -0.39 is 0 Å². The molecule has 0 bridgehead atoms. The van der Waals surface area contributed by atoms with E-state index in [0.717, 1.165) is 41.3 Å². The Kier molecular flexibility index (Phi) is 4.25. The van der Waals surface area contributed by atoms with Crippen LogP contribution in [0.1, 0.15) is 12.0 Å². The molecule has 0 unspecified atom stereocenters. The van der Waals surface area contributed by atoms with E-state index in [1.165, 1.54) is 5.56 Å². The zero-order valence-corrected chi connectivity index (χ0v) is 14.2. The lowest BCUT2D eigenvalue weighted by Gasteiger charge is -2.10. The highest BCUT2D eigenvalue weighted by atomic mass is 16.5. The molecule has 4 aromatic rings. The van der Waals surface area contributed by atoms with Crippen molar-refractivity contribution in [2.45, 2.75) is 19.9 Å². The average molecular weight is 332 g/mol. The molecule has 0 radical (unpaired) electrons. The summed E-state index contributed by atoms with van der Waals surface area (Å²) in [6, 6.07) is 20.1. The first-order valence-electron chi connectivity index (χ1n) is 8.50. The van der Waals surface area contributed by atoms with Crippen LogP contribution in [-0.4, -0.2) is 16.2 Å². The van der Waals surface area contributed by atoms with E-state index in [2.05, 4.69) is 29.7 Å². The largest absolute Gasteiger partial charge is 0.494 e. The molecule has 0 aliphatic rings. The van der Waals surface area contributed by atoms with Gasteiger partial charge in [0.15, 0.2) is 11.6 Å². The van der Waals surface area contributed by atoms with Gasteiger partial charge in [0.2, 0.25) is 0 Å². The number of benzene rings is 2. The van der Waals surface area contributed by atoms with E-state index in [4.69, 9.17) is 14.1 Å². The summed E-state index contributed by atoms with van der Waals surface area (Å²) in [5.41, 5.74) is 3.30. The zero-order valence-electron chi connectivity index (χ0n) is 14.2. The minimum absolute atomic E-state index is 0.660. The molecular weight excluding hydrogens is 312 g/mol. The molecular formula is C21H20N2O2. The highest BCUT2D eigenvalue weighted by Crippen LogP contribution is 2.25. The Labute approximate surface area is 146 Å². The Balaban J connectivity index is 1.51. The van der Waals surface area contributed by atoms with E-state index in [-0.39, 0.29) is 0 Å². The van der Waals surface area contributed by atoms with Crippen LogP contribution in [0.4, 0.5) is 0 Å². The van der Waals surface area contributed by atoms with E-state index >= 15 is 0 Å². The molecule has 2 heterocycles. The van der Waals surface area contributed by atoms with Gasteiger partial charge in [-0.3, -0.25) is 0 Å². The lowest BCUT2D eigenvalue weighted by molar-refractivity contribution is 0.302. The predicted molar refractivity (Wildman–Crippen MR) is 98.7 cm³/mol. The molecule has 126 valence electrons. The van der Waals surface area contributed by atoms with Gasteiger partial charge in [0, 0.05) is 6.54 Å². The third-order valence-electron chi connectivity index (χ3n) is 4.18. The Morgan fingerprint density at radius 1 is 1.04 bits per heavy atom. The lowest BCUT2D eigenvalue weighted by atomic mass is 10.2. The standard InChI is InChI=1S/C21H20N2O2/c1-16-7-4-8-17(15-16)24-14-6-12-23-19-10-3-2-9-18(19)22-21(23)20-11-5-13-25-20/h2-5,7-11,13,15H,6,12,14H2,1H3. The zero-order chi connectivity index (χ0) is 17.1. The van der Waals surface area contributed by atoms with Gasteiger partial charge in [0.1, 0.15) is 5.75 Å². The van der Waals surface area contributed by atoms with E-state index in [1.807, 2.05) is 42.5 Å². The molecule has 0 atom stereocenters.